The number of oxime groups is 3. The quantitative estimate of drug-likeness (QED) is 0.0307. The van der Waals surface area contributed by atoms with E-state index < -0.39 is 189 Å². The van der Waals surface area contributed by atoms with Gasteiger partial charge in [0.05, 0.1) is 35.9 Å². The smallest absolute Gasteiger partial charge is 0.437 e. The lowest BCUT2D eigenvalue weighted by Gasteiger charge is -2.35. The molecule has 6 saturated carbocycles. The Kier molecular flexibility index (Phi) is 19.3. The van der Waals surface area contributed by atoms with Gasteiger partial charge in [0.25, 0.3) is 0 Å². The zero-order valence-electron chi connectivity index (χ0n) is 54.0. The first-order valence-electron chi connectivity index (χ1n) is 31.2. The van der Waals surface area contributed by atoms with Crippen LogP contribution >= 0.6 is 0 Å². The molecule has 0 amide bonds. The standard InChI is InChI=1S/C63H69F9N6O18S3/c1-55(2)40-19-22-58(55,46(79)31-40)34-97(85,86)94-73-49(61(64,65)66)37-7-13-43(14-8-37)91-28-25-76-52(82)77(26-29-92-44-15-9-38(10-16-44)50(62(67,68)69)74-95-98(87,88)35-59-23-20-41(32-47(59)80)56(59,3)4)54(84)78(53(76)83)27-30-93-45-17-11-39(12-18-45)51(63(70,71)72)75-96-99(89,90)36-60-24-21-42(33-48(60)81)57(60,5)6/h7-18,40-42H,19-36H2,1-6H3/b73-49-,74-50-,75-51-. The SMILES string of the molecule is CC1(C)C2CCC1(CS(=O)(=O)O/N=C(/c1ccc(OCCn3c(=O)n(CCOc4ccc(/C(=N/OS(=O)(=O)CC56CCC(CC5=O)C6(C)C)C(F)(F)F)cc4)c(=O)n(CCOc4ccc(/C(=N/OS(=O)(=O)CC56CCC(CC5=O)C6(C)C)C(F)(F)F)cc4)c3=O)cc1)C(F)(F)F)C(=O)C2. The van der Waals surface area contributed by atoms with Crippen molar-refractivity contribution in [2.45, 2.75) is 137 Å². The van der Waals surface area contributed by atoms with E-state index in [0.717, 1.165) is 72.8 Å². The number of alkyl halides is 9. The molecular formula is C63H69F9N6O18S3. The van der Waals surface area contributed by atoms with Crippen LogP contribution in [0.2, 0.25) is 0 Å². The van der Waals surface area contributed by atoms with E-state index in [-0.39, 0.29) is 90.9 Å². The van der Waals surface area contributed by atoms with E-state index in [4.69, 9.17) is 14.2 Å². The summed E-state index contributed by atoms with van der Waals surface area (Å²) in [7, 11) is -14.6. The Labute approximate surface area is 560 Å². The van der Waals surface area contributed by atoms with Gasteiger partial charge in [-0.25, -0.2) is 28.1 Å². The molecule has 36 heteroatoms. The highest BCUT2D eigenvalue weighted by Crippen LogP contribution is 2.66. The molecule has 4 aromatic rings. The number of Topliss-reactive ketones (excluding diaryl/α,β-unsaturated/α-hetero) is 3. The van der Waals surface area contributed by atoms with Gasteiger partial charge in [-0.2, -0.15) is 64.8 Å². The van der Waals surface area contributed by atoms with Crippen LogP contribution in [0.25, 0.3) is 0 Å². The van der Waals surface area contributed by atoms with E-state index in [1.54, 1.807) is 41.5 Å². The highest BCUT2D eigenvalue weighted by Gasteiger charge is 2.68. The normalized spacial score (nSPS) is 25.2. The summed E-state index contributed by atoms with van der Waals surface area (Å²) in [5.41, 5.74) is -17.7. The second-order valence-corrected chi connectivity index (χ2v) is 32.2. The van der Waals surface area contributed by atoms with Crippen molar-refractivity contribution < 1.29 is 106 Å². The second-order valence-electron chi connectivity index (χ2n) is 27.6. The molecule has 6 aliphatic carbocycles. The summed E-state index contributed by atoms with van der Waals surface area (Å²) in [5.74, 6) is -4.56. The summed E-state index contributed by atoms with van der Waals surface area (Å²) >= 11 is 0. The van der Waals surface area contributed by atoms with Crippen LogP contribution in [0.5, 0.6) is 17.2 Å². The molecule has 0 spiro atoms. The highest BCUT2D eigenvalue weighted by molar-refractivity contribution is 7.87. The zero-order chi connectivity index (χ0) is 72.7. The van der Waals surface area contributed by atoms with Gasteiger partial charge in [0, 0.05) is 36.0 Å². The number of halogens is 9. The average molecular weight is 1470 g/mol. The summed E-state index contributed by atoms with van der Waals surface area (Å²) in [4.78, 5) is 81.0. The lowest BCUT2D eigenvalue weighted by atomic mass is 9.70. The number of hydrogen-bond acceptors (Lipinski definition) is 21. The van der Waals surface area contributed by atoms with Crippen molar-refractivity contribution in [1.29, 1.82) is 0 Å². The average Bonchev–Trinajstić information content (AvgIpc) is 1.57. The van der Waals surface area contributed by atoms with E-state index in [2.05, 4.69) is 28.3 Å². The Balaban J connectivity index is 0.843. The molecule has 0 aliphatic heterocycles. The van der Waals surface area contributed by atoms with Crippen molar-refractivity contribution in [3.63, 3.8) is 0 Å². The van der Waals surface area contributed by atoms with Gasteiger partial charge in [-0.3, -0.25) is 27.2 Å². The lowest BCUT2D eigenvalue weighted by Crippen LogP contribution is -2.55. The molecule has 1 heterocycles. The molecule has 99 heavy (non-hydrogen) atoms. The molecule has 6 bridgehead atoms. The topological polar surface area (TPSA) is 312 Å². The summed E-state index contributed by atoms with van der Waals surface area (Å²) in [6, 6.07) is 11.0. The molecule has 6 atom stereocenters. The number of carbonyl (C=O) groups is 3. The molecule has 6 unspecified atom stereocenters. The first-order chi connectivity index (χ1) is 45.8. The molecule has 6 fully saturated rings. The lowest BCUT2D eigenvalue weighted by molar-refractivity contribution is -0.128. The fraction of sp³-hybridized carbons (Fsp3) is 0.571. The molecule has 24 nitrogen and oxygen atoms in total. The number of ether oxygens (including phenoxy) is 3. The first kappa shape index (κ1) is 73.8. The molecule has 0 N–H and O–H groups in total. The van der Waals surface area contributed by atoms with Gasteiger partial charge >= 0.3 is 66.0 Å². The third-order valence-corrected chi connectivity index (χ3v) is 25.2. The van der Waals surface area contributed by atoms with E-state index in [1.807, 2.05) is 0 Å². The second kappa shape index (κ2) is 25.9. The van der Waals surface area contributed by atoms with Crippen LogP contribution in [-0.2, 0) is 77.2 Å². The summed E-state index contributed by atoms with van der Waals surface area (Å²) in [5, 5.41) is 8.93. The Morgan fingerprint density at radius 1 is 0.404 bits per heavy atom. The van der Waals surface area contributed by atoms with Gasteiger partial charge in [-0.1, -0.05) is 57.0 Å². The number of nitrogens with zero attached hydrogens (tertiary/aromatic N) is 6. The number of carbonyl (C=O) groups excluding carboxylic acids is 3. The predicted molar refractivity (Wildman–Crippen MR) is 333 cm³/mol. The van der Waals surface area contributed by atoms with Crippen LogP contribution in [0.4, 0.5) is 39.5 Å². The number of ketones is 3. The van der Waals surface area contributed by atoms with Crippen molar-refractivity contribution in [2.24, 2.45) is 65.7 Å². The monoisotopic (exact) mass is 1460 g/mol. The summed E-state index contributed by atoms with van der Waals surface area (Å²) in [6.45, 7) is 6.42. The maximum absolute atomic E-state index is 14.4. The Hall–Kier alpha value is -7.89. The van der Waals surface area contributed by atoms with Gasteiger partial charge in [-0.05, 0) is 145 Å². The third-order valence-electron chi connectivity index (χ3n) is 21.7. The van der Waals surface area contributed by atoms with Crippen molar-refractivity contribution in [3.05, 3.63) is 121 Å². The van der Waals surface area contributed by atoms with Gasteiger partial charge in [0.15, 0.2) is 17.1 Å². The molecule has 10 rings (SSSR count). The predicted octanol–water partition coefficient (Wildman–Crippen LogP) is 8.43. The van der Waals surface area contributed by atoms with Crippen molar-refractivity contribution in [1.82, 2.24) is 13.7 Å². The number of fused-ring (bicyclic) bond motifs is 6. The number of benzene rings is 3. The third kappa shape index (κ3) is 14.1. The maximum atomic E-state index is 14.4. The van der Waals surface area contributed by atoms with E-state index in [9.17, 15) is 93.5 Å². The van der Waals surface area contributed by atoms with Crippen LogP contribution in [0.15, 0.2) is 103 Å². The van der Waals surface area contributed by atoms with Crippen LogP contribution in [0.1, 0.15) is 116 Å². The van der Waals surface area contributed by atoms with Crippen molar-refractivity contribution in [3.8, 4) is 17.2 Å². The summed E-state index contributed by atoms with van der Waals surface area (Å²) in [6.07, 6.45) is -13.3. The molecule has 3 aromatic carbocycles. The minimum atomic E-state index is -5.29. The molecule has 6 aliphatic rings. The van der Waals surface area contributed by atoms with E-state index in [0.29, 0.717) is 33.0 Å². The molecule has 0 saturated heterocycles. The van der Waals surface area contributed by atoms with Gasteiger partial charge in [0.1, 0.15) is 71.7 Å². The number of hydrogen-bond donors (Lipinski definition) is 0. The zero-order valence-corrected chi connectivity index (χ0v) is 56.5. The van der Waals surface area contributed by atoms with Crippen LogP contribution in [0, 0.1) is 50.2 Å². The van der Waals surface area contributed by atoms with Crippen LogP contribution in [-0.4, -0.2) is 129 Å². The Morgan fingerprint density at radius 3 is 0.808 bits per heavy atom. The van der Waals surface area contributed by atoms with Crippen molar-refractivity contribution in [2.75, 3.05) is 37.1 Å². The first-order valence-corrected chi connectivity index (χ1v) is 36.0. The van der Waals surface area contributed by atoms with Crippen LogP contribution in [0.3, 0.4) is 0 Å². The Morgan fingerprint density at radius 2 is 0.626 bits per heavy atom. The minimum absolute atomic E-state index is 0.113. The summed E-state index contributed by atoms with van der Waals surface area (Å²) < 4.78 is 241. The molecular weight excluding hydrogens is 1400 g/mol. The molecule has 540 valence electrons. The largest absolute Gasteiger partial charge is 0.492 e. The fourth-order valence-corrected chi connectivity index (χ4v) is 20.1. The fourth-order valence-electron chi connectivity index (χ4n) is 15.5. The molecule has 1 aromatic heterocycles. The van der Waals surface area contributed by atoms with Gasteiger partial charge in [0.2, 0.25) is 0 Å². The van der Waals surface area contributed by atoms with E-state index >= 15 is 0 Å². The van der Waals surface area contributed by atoms with Gasteiger partial charge in [-0.15, -0.1) is 0 Å². The number of aromatic nitrogens is 3. The Bertz CT molecular complexity index is 4030. The molecule has 0 radical (unpaired) electrons. The highest BCUT2D eigenvalue weighted by atomic mass is 32.2. The van der Waals surface area contributed by atoms with E-state index in [1.165, 1.54) is 0 Å². The van der Waals surface area contributed by atoms with Crippen LogP contribution < -0.4 is 31.3 Å². The van der Waals surface area contributed by atoms with Crippen molar-refractivity contribution >= 4 is 64.8 Å². The van der Waals surface area contributed by atoms with Gasteiger partial charge < -0.3 is 14.2 Å². The maximum Gasteiger partial charge on any atom is 0.437 e. The number of rotatable bonds is 27. The minimum Gasteiger partial charge on any atom is -0.492 e.